The molecule has 0 radical (unpaired) electrons. The van der Waals surface area contributed by atoms with Crippen LogP contribution >= 0.6 is 11.6 Å². The van der Waals surface area contributed by atoms with E-state index in [2.05, 4.69) is 4.98 Å². The molecule has 0 atom stereocenters. The molecular formula is C12H6ClF4N. The maximum Gasteiger partial charge on any atom is 0.416 e. The zero-order chi connectivity index (χ0) is 13.3. The van der Waals surface area contributed by atoms with Crippen LogP contribution in [0.2, 0.25) is 5.15 Å². The van der Waals surface area contributed by atoms with Gasteiger partial charge in [0.05, 0.1) is 11.3 Å². The van der Waals surface area contributed by atoms with Gasteiger partial charge in [-0.05, 0) is 36.4 Å². The van der Waals surface area contributed by atoms with Crippen LogP contribution in [0.25, 0.3) is 11.3 Å². The number of rotatable bonds is 1. The van der Waals surface area contributed by atoms with E-state index in [1.54, 1.807) is 0 Å². The summed E-state index contributed by atoms with van der Waals surface area (Å²) < 4.78 is 50.5. The van der Waals surface area contributed by atoms with E-state index in [0.717, 1.165) is 24.3 Å². The van der Waals surface area contributed by atoms with Gasteiger partial charge in [0.2, 0.25) is 0 Å². The molecule has 0 aliphatic rings. The lowest BCUT2D eigenvalue weighted by molar-refractivity contribution is -0.137. The van der Waals surface area contributed by atoms with Crippen molar-refractivity contribution in [3.8, 4) is 11.3 Å². The van der Waals surface area contributed by atoms with Gasteiger partial charge in [0.25, 0.3) is 0 Å². The van der Waals surface area contributed by atoms with Gasteiger partial charge in [-0.2, -0.15) is 13.2 Å². The summed E-state index contributed by atoms with van der Waals surface area (Å²) in [5.41, 5.74) is -0.471. The first-order chi connectivity index (χ1) is 8.36. The third-order valence-corrected chi connectivity index (χ3v) is 2.46. The normalized spacial score (nSPS) is 11.6. The Morgan fingerprint density at radius 1 is 1.00 bits per heavy atom. The van der Waals surface area contributed by atoms with Crippen LogP contribution in [0.15, 0.2) is 36.4 Å². The second-order valence-corrected chi connectivity index (χ2v) is 3.96. The summed E-state index contributed by atoms with van der Waals surface area (Å²) in [6, 6.07) is 6.59. The van der Waals surface area contributed by atoms with Crippen LogP contribution in [0.1, 0.15) is 5.56 Å². The minimum absolute atomic E-state index is 0.0508. The molecule has 0 unspecified atom stereocenters. The van der Waals surface area contributed by atoms with Gasteiger partial charge in [0, 0.05) is 5.56 Å². The molecule has 1 aromatic heterocycles. The van der Waals surface area contributed by atoms with Gasteiger partial charge in [-0.3, -0.25) is 0 Å². The molecule has 0 saturated heterocycles. The number of pyridine rings is 1. The maximum atomic E-state index is 12.7. The number of hydrogen-bond acceptors (Lipinski definition) is 1. The minimum atomic E-state index is -4.50. The molecule has 18 heavy (non-hydrogen) atoms. The summed E-state index contributed by atoms with van der Waals surface area (Å²) in [4.78, 5) is 3.79. The van der Waals surface area contributed by atoms with E-state index in [9.17, 15) is 17.6 Å². The first-order valence-electron chi connectivity index (χ1n) is 4.87. The van der Waals surface area contributed by atoms with Gasteiger partial charge in [0.15, 0.2) is 0 Å². The molecule has 1 nitrogen and oxygen atoms in total. The topological polar surface area (TPSA) is 12.9 Å². The summed E-state index contributed by atoms with van der Waals surface area (Å²) >= 11 is 5.55. The van der Waals surface area contributed by atoms with E-state index in [0.29, 0.717) is 5.56 Å². The largest absolute Gasteiger partial charge is 0.416 e. The third kappa shape index (κ3) is 2.79. The molecule has 2 rings (SSSR count). The zero-order valence-electron chi connectivity index (χ0n) is 8.80. The highest BCUT2D eigenvalue weighted by Crippen LogP contribution is 2.33. The highest BCUT2D eigenvalue weighted by Gasteiger charge is 2.31. The van der Waals surface area contributed by atoms with Crippen LogP contribution in [0.5, 0.6) is 0 Å². The molecule has 0 bridgehead atoms. The Bertz CT molecular complexity index is 563. The molecule has 0 N–H and O–H groups in total. The molecule has 0 aliphatic heterocycles. The van der Waals surface area contributed by atoms with Crippen molar-refractivity contribution in [2.45, 2.75) is 6.18 Å². The lowest BCUT2D eigenvalue weighted by Crippen LogP contribution is -2.05. The van der Waals surface area contributed by atoms with Crippen LogP contribution in [0.4, 0.5) is 17.6 Å². The van der Waals surface area contributed by atoms with Gasteiger partial charge < -0.3 is 0 Å². The van der Waals surface area contributed by atoms with Crippen molar-refractivity contribution in [2.24, 2.45) is 0 Å². The van der Waals surface area contributed by atoms with E-state index in [1.807, 2.05) is 0 Å². The first-order valence-corrected chi connectivity index (χ1v) is 5.25. The second-order valence-electron chi connectivity index (χ2n) is 3.57. The van der Waals surface area contributed by atoms with Crippen molar-refractivity contribution in [3.63, 3.8) is 0 Å². The minimum Gasteiger partial charge on any atom is -0.236 e. The van der Waals surface area contributed by atoms with E-state index >= 15 is 0 Å². The fraction of sp³-hybridized carbons (Fsp3) is 0.0833. The van der Waals surface area contributed by atoms with Gasteiger partial charge in [-0.25, -0.2) is 9.37 Å². The molecule has 0 spiro atoms. The van der Waals surface area contributed by atoms with Crippen molar-refractivity contribution >= 4 is 11.6 Å². The van der Waals surface area contributed by atoms with E-state index in [4.69, 9.17) is 11.6 Å². The molecule has 1 aromatic carbocycles. The predicted molar refractivity (Wildman–Crippen MR) is 59.6 cm³/mol. The van der Waals surface area contributed by atoms with Crippen LogP contribution in [0, 0.1) is 5.82 Å². The predicted octanol–water partition coefficient (Wildman–Crippen LogP) is 4.56. The molecule has 94 valence electrons. The second kappa shape index (κ2) is 4.57. The molecule has 6 heteroatoms. The average molecular weight is 276 g/mol. The highest BCUT2D eigenvalue weighted by atomic mass is 35.5. The van der Waals surface area contributed by atoms with Crippen LogP contribution in [-0.2, 0) is 6.18 Å². The Balaban J connectivity index is 2.52. The van der Waals surface area contributed by atoms with Gasteiger partial charge in [-0.1, -0.05) is 11.6 Å². The Morgan fingerprint density at radius 3 is 2.17 bits per heavy atom. The molecule has 0 aliphatic carbocycles. The lowest BCUT2D eigenvalue weighted by atomic mass is 10.1. The van der Waals surface area contributed by atoms with E-state index in [-0.39, 0.29) is 10.8 Å². The summed E-state index contributed by atoms with van der Waals surface area (Å²) in [6.07, 6.45) is -4.50. The quantitative estimate of drug-likeness (QED) is 0.549. The molecule has 2 aromatic rings. The van der Waals surface area contributed by atoms with Gasteiger partial charge in [-0.15, -0.1) is 0 Å². The Hall–Kier alpha value is -1.62. The third-order valence-electron chi connectivity index (χ3n) is 2.26. The maximum absolute atomic E-state index is 12.7. The smallest absolute Gasteiger partial charge is 0.236 e. The lowest BCUT2D eigenvalue weighted by Gasteiger charge is -2.09. The fourth-order valence-electron chi connectivity index (χ4n) is 1.43. The molecule has 1 heterocycles. The van der Waals surface area contributed by atoms with Crippen molar-refractivity contribution in [2.75, 3.05) is 0 Å². The Kier molecular flexibility index (Phi) is 3.26. The molecule has 0 saturated carbocycles. The van der Waals surface area contributed by atoms with Crippen LogP contribution in [0.3, 0.4) is 0 Å². The summed E-state index contributed by atoms with van der Waals surface area (Å²) in [7, 11) is 0. The van der Waals surface area contributed by atoms with Crippen molar-refractivity contribution in [3.05, 3.63) is 52.9 Å². The van der Waals surface area contributed by atoms with Crippen molar-refractivity contribution < 1.29 is 17.6 Å². The average Bonchev–Trinajstić information content (AvgIpc) is 2.28. The molecule has 0 amide bonds. The van der Waals surface area contributed by atoms with E-state index in [1.165, 1.54) is 12.1 Å². The fourth-order valence-corrected chi connectivity index (χ4v) is 1.64. The Morgan fingerprint density at radius 2 is 1.61 bits per heavy atom. The van der Waals surface area contributed by atoms with Crippen LogP contribution in [-0.4, -0.2) is 4.98 Å². The van der Waals surface area contributed by atoms with Crippen molar-refractivity contribution in [1.82, 2.24) is 4.98 Å². The van der Waals surface area contributed by atoms with Crippen LogP contribution < -0.4 is 0 Å². The highest BCUT2D eigenvalue weighted by molar-refractivity contribution is 6.29. The zero-order valence-corrected chi connectivity index (χ0v) is 9.56. The summed E-state index contributed by atoms with van der Waals surface area (Å²) in [5.74, 6) is -0.475. The van der Waals surface area contributed by atoms with E-state index < -0.39 is 17.6 Å². The molecule has 0 fully saturated rings. The number of aromatic nitrogens is 1. The number of hydrogen-bond donors (Lipinski definition) is 0. The number of alkyl halides is 3. The monoisotopic (exact) mass is 275 g/mol. The Labute approximate surface area is 105 Å². The standard InChI is InChI=1S/C12H6ClF4N/c13-11-6-8(12(15,16)17)5-10(18-11)7-1-3-9(14)4-2-7/h1-6H. The number of benzene rings is 1. The van der Waals surface area contributed by atoms with Gasteiger partial charge in [0.1, 0.15) is 11.0 Å². The number of nitrogens with zero attached hydrogens (tertiary/aromatic N) is 1. The number of halogens is 5. The van der Waals surface area contributed by atoms with Gasteiger partial charge >= 0.3 is 6.18 Å². The molecular weight excluding hydrogens is 270 g/mol. The summed E-state index contributed by atoms with van der Waals surface area (Å²) in [6.45, 7) is 0. The first kappa shape index (κ1) is 12.8. The SMILES string of the molecule is Fc1ccc(-c2cc(C(F)(F)F)cc(Cl)n2)cc1. The summed E-state index contributed by atoms with van der Waals surface area (Å²) in [5, 5.41) is -0.260. The van der Waals surface area contributed by atoms with Crippen molar-refractivity contribution in [1.29, 1.82) is 0 Å².